The number of esters is 2. The lowest BCUT2D eigenvalue weighted by Crippen LogP contribution is -2.60. The van der Waals surface area contributed by atoms with Crippen LogP contribution in [0.25, 0.3) is 0 Å². The summed E-state index contributed by atoms with van der Waals surface area (Å²) in [5.74, 6) is 0.360. The van der Waals surface area contributed by atoms with E-state index in [1.54, 1.807) is 24.3 Å². The second kappa shape index (κ2) is 8.87. The number of carbonyl (C=O) groups is 2. The average Bonchev–Trinajstić information content (AvgIpc) is 2.86. The van der Waals surface area contributed by atoms with E-state index in [4.69, 9.17) is 9.47 Å². The first-order valence-corrected chi connectivity index (χ1v) is 13.7. The minimum atomic E-state index is -0.417. The fourth-order valence-electron chi connectivity index (χ4n) is 6.77. The zero-order valence-corrected chi connectivity index (χ0v) is 20.5. The molecule has 4 fully saturated rings. The predicted octanol–water partition coefficient (Wildman–Crippen LogP) is 6.10. The van der Waals surface area contributed by atoms with Gasteiger partial charge in [0.25, 0.3) is 0 Å². The number of benzene rings is 2. The van der Waals surface area contributed by atoms with Gasteiger partial charge in [0.05, 0.1) is 11.1 Å². The molecule has 4 saturated carbocycles. The van der Waals surface area contributed by atoms with Gasteiger partial charge in [0, 0.05) is 0 Å². The van der Waals surface area contributed by atoms with Gasteiger partial charge >= 0.3 is 11.9 Å². The van der Waals surface area contributed by atoms with Crippen LogP contribution in [0, 0.1) is 17.3 Å². The van der Waals surface area contributed by atoms with E-state index in [9.17, 15) is 9.59 Å². The van der Waals surface area contributed by atoms with E-state index in [1.165, 1.54) is 25.7 Å². The van der Waals surface area contributed by atoms with Crippen molar-refractivity contribution in [3.8, 4) is 0 Å². The molecule has 4 nitrogen and oxygen atoms in total. The molecule has 5 unspecified atom stereocenters. The number of ether oxygens (including phenoxy) is 2. The Kier molecular flexibility index (Phi) is 6.07. The Morgan fingerprint density at radius 3 is 1.67 bits per heavy atom. The predicted molar refractivity (Wildman–Crippen MR) is 131 cm³/mol. The maximum atomic E-state index is 13.0. The molecule has 2 aromatic rings. The van der Waals surface area contributed by atoms with Gasteiger partial charge in [-0.25, -0.2) is 9.59 Å². The molecule has 2 aromatic carbocycles. The highest BCUT2D eigenvalue weighted by Crippen LogP contribution is 2.67. The summed E-state index contributed by atoms with van der Waals surface area (Å²) in [7, 11) is 0.887. The Morgan fingerprint density at radius 2 is 1.21 bits per heavy atom. The van der Waals surface area contributed by atoms with Crippen molar-refractivity contribution in [2.45, 2.75) is 62.8 Å². The summed E-state index contributed by atoms with van der Waals surface area (Å²) in [4.78, 5) is 26.0. The molecule has 0 N–H and O–H groups in total. The zero-order chi connectivity index (χ0) is 23.1. The summed E-state index contributed by atoms with van der Waals surface area (Å²) in [6, 6.07) is 18.2. The topological polar surface area (TPSA) is 52.6 Å². The van der Waals surface area contributed by atoms with E-state index < -0.39 is 12.2 Å². The molecule has 33 heavy (non-hydrogen) atoms. The summed E-state index contributed by atoms with van der Waals surface area (Å²) in [5.41, 5.74) is 1.37. The number of carbonyl (C=O) groups excluding carboxylic acids is 2. The smallest absolute Gasteiger partial charge is 0.338 e. The normalized spacial score (nSPS) is 35.2. The molecule has 2 bridgehead atoms. The Balaban J connectivity index is 1.43. The lowest BCUT2D eigenvalue weighted by Gasteiger charge is -2.64. The van der Waals surface area contributed by atoms with Crippen LogP contribution in [-0.2, 0) is 9.47 Å². The number of hydrogen-bond donors (Lipinski definition) is 0. The highest BCUT2D eigenvalue weighted by molar-refractivity contribution is 7.39. The molecule has 174 valence electrons. The first-order valence-electron chi connectivity index (χ1n) is 12.2. The zero-order valence-electron chi connectivity index (χ0n) is 19.5. The molecule has 0 aromatic heterocycles. The van der Waals surface area contributed by atoms with E-state index in [0.29, 0.717) is 28.1 Å². The maximum absolute atomic E-state index is 13.0. The first kappa shape index (κ1) is 22.6. The summed E-state index contributed by atoms with van der Waals surface area (Å²) in [6.45, 7) is 4.77. The number of rotatable bonds is 5. The summed E-state index contributed by atoms with van der Waals surface area (Å²) in [5, 5.41) is 0.355. The van der Waals surface area contributed by atoms with Gasteiger partial charge in [0.15, 0.2) is 0 Å². The van der Waals surface area contributed by atoms with Crippen molar-refractivity contribution < 1.29 is 19.1 Å². The van der Waals surface area contributed by atoms with E-state index in [2.05, 4.69) is 13.6 Å². The molecule has 0 radical (unpaired) electrons. The minimum Gasteiger partial charge on any atom is -0.455 e. The van der Waals surface area contributed by atoms with Crippen LogP contribution in [0.5, 0.6) is 0 Å². The third kappa shape index (κ3) is 4.12. The van der Waals surface area contributed by atoms with Crippen LogP contribution in [0.3, 0.4) is 0 Å². The standard InChI is InChI=1S/C28H33O4P/c1-27-13-15-28(33-2,16-14-27)22-18-24(32-26(30)20-11-7-4-8-12-20)23(17-21(22)27)31-25(29)19-9-5-3-6-10-19/h3-12,21-24,33H,13-18H2,1-2H3. The minimum absolute atomic E-state index is 0.290. The van der Waals surface area contributed by atoms with Crippen LogP contribution in [0.2, 0.25) is 0 Å². The third-order valence-electron chi connectivity index (χ3n) is 8.80. The van der Waals surface area contributed by atoms with Crippen molar-refractivity contribution in [1.82, 2.24) is 0 Å². The van der Waals surface area contributed by atoms with Crippen LogP contribution >= 0.6 is 8.58 Å². The van der Waals surface area contributed by atoms with Gasteiger partial charge in [0.2, 0.25) is 0 Å². The number of fused-ring (bicyclic) bond motifs is 2. The van der Waals surface area contributed by atoms with Crippen LogP contribution in [0.4, 0.5) is 0 Å². The third-order valence-corrected chi connectivity index (χ3v) is 10.7. The van der Waals surface area contributed by atoms with Gasteiger partial charge in [-0.1, -0.05) is 43.3 Å². The molecular formula is C28H33O4P. The molecule has 0 spiro atoms. The van der Waals surface area contributed by atoms with Crippen molar-refractivity contribution in [2.75, 3.05) is 6.66 Å². The summed E-state index contributed by atoms with van der Waals surface area (Å²) in [6.07, 6.45) is 5.78. The Morgan fingerprint density at radius 1 is 0.758 bits per heavy atom. The van der Waals surface area contributed by atoms with Crippen LogP contribution < -0.4 is 0 Å². The van der Waals surface area contributed by atoms with E-state index >= 15 is 0 Å². The van der Waals surface area contributed by atoms with Crippen LogP contribution in [0.1, 0.15) is 66.2 Å². The van der Waals surface area contributed by atoms with E-state index in [0.717, 1.165) is 21.4 Å². The monoisotopic (exact) mass is 464 g/mol. The molecule has 0 heterocycles. The molecule has 4 aliphatic rings. The molecule has 4 aliphatic carbocycles. The Labute approximate surface area is 198 Å². The van der Waals surface area contributed by atoms with Gasteiger partial charge in [-0.3, -0.25) is 0 Å². The second-order valence-corrected chi connectivity index (χ2v) is 11.9. The Bertz CT molecular complexity index is 997. The largest absolute Gasteiger partial charge is 0.455 e. The average molecular weight is 465 g/mol. The molecule has 5 atom stereocenters. The molecule has 6 rings (SSSR count). The van der Waals surface area contributed by atoms with Gasteiger partial charge in [-0.05, 0) is 91.9 Å². The molecule has 0 saturated heterocycles. The van der Waals surface area contributed by atoms with Crippen molar-refractivity contribution >= 4 is 20.5 Å². The Hall–Kier alpha value is -2.19. The molecule has 5 heteroatoms. The fourth-order valence-corrected chi connectivity index (χ4v) is 8.21. The first-order chi connectivity index (χ1) is 15.9. The summed E-state index contributed by atoms with van der Waals surface area (Å²) < 4.78 is 12.2. The maximum Gasteiger partial charge on any atom is 0.338 e. The van der Waals surface area contributed by atoms with Crippen LogP contribution in [-0.4, -0.2) is 36.0 Å². The highest BCUT2D eigenvalue weighted by Gasteiger charge is 2.61. The molecular weight excluding hydrogens is 431 g/mol. The van der Waals surface area contributed by atoms with Crippen molar-refractivity contribution in [1.29, 1.82) is 0 Å². The summed E-state index contributed by atoms with van der Waals surface area (Å²) >= 11 is 0. The van der Waals surface area contributed by atoms with Crippen molar-refractivity contribution in [3.63, 3.8) is 0 Å². The van der Waals surface area contributed by atoms with Gasteiger partial charge in [-0.2, -0.15) is 0 Å². The fraction of sp³-hybridized carbons (Fsp3) is 0.500. The van der Waals surface area contributed by atoms with E-state index in [-0.39, 0.29) is 17.4 Å². The van der Waals surface area contributed by atoms with Crippen molar-refractivity contribution in [3.05, 3.63) is 71.8 Å². The quantitative estimate of drug-likeness (QED) is 0.396. The highest BCUT2D eigenvalue weighted by atomic mass is 31.1. The lowest BCUT2D eigenvalue weighted by atomic mass is 9.47. The number of hydrogen-bond acceptors (Lipinski definition) is 4. The molecule has 0 aliphatic heterocycles. The van der Waals surface area contributed by atoms with Gasteiger partial charge in [-0.15, -0.1) is 8.58 Å². The lowest BCUT2D eigenvalue weighted by molar-refractivity contribution is -0.134. The SMILES string of the molecule is CPC12CCC(C)(CC1)C1CC(OC(=O)c3ccccc3)C(OC(=O)c3ccccc3)CC12. The molecule has 0 amide bonds. The second-order valence-electron chi connectivity index (χ2n) is 10.4. The van der Waals surface area contributed by atoms with Gasteiger partial charge < -0.3 is 9.47 Å². The van der Waals surface area contributed by atoms with E-state index in [1.807, 2.05) is 36.4 Å². The van der Waals surface area contributed by atoms with Gasteiger partial charge in [0.1, 0.15) is 12.2 Å². The van der Waals surface area contributed by atoms with Crippen LogP contribution in [0.15, 0.2) is 60.7 Å². The van der Waals surface area contributed by atoms with Crippen molar-refractivity contribution in [2.24, 2.45) is 17.3 Å².